The number of nitrogens with zero attached hydrogens (tertiary/aromatic N) is 2. The summed E-state index contributed by atoms with van der Waals surface area (Å²) in [5.41, 5.74) is 3.18. The van der Waals surface area contributed by atoms with E-state index in [1.165, 1.54) is 0 Å². The first kappa shape index (κ1) is 12.5. The van der Waals surface area contributed by atoms with Crippen LogP contribution in [0.3, 0.4) is 0 Å². The van der Waals surface area contributed by atoms with Crippen LogP contribution in [0.4, 0.5) is 5.69 Å². The van der Waals surface area contributed by atoms with E-state index < -0.39 is 0 Å². The quantitative estimate of drug-likeness (QED) is 0.850. The largest absolute Gasteiger partial charge is 0.508 e. The third-order valence-corrected chi connectivity index (χ3v) is 4.14. The molecular formula is C16H14ClN3O. The van der Waals surface area contributed by atoms with E-state index >= 15 is 0 Å². The van der Waals surface area contributed by atoms with Gasteiger partial charge in [-0.2, -0.15) is 0 Å². The van der Waals surface area contributed by atoms with E-state index in [1.807, 2.05) is 30.3 Å². The number of benzene rings is 2. The maximum atomic E-state index is 9.46. The number of fused-ring (bicyclic) bond motifs is 3. The predicted molar refractivity (Wildman–Crippen MR) is 84.0 cm³/mol. The van der Waals surface area contributed by atoms with E-state index in [2.05, 4.69) is 15.2 Å². The molecule has 2 aliphatic heterocycles. The van der Waals surface area contributed by atoms with E-state index in [0.717, 1.165) is 35.7 Å². The highest BCUT2D eigenvalue weighted by atomic mass is 35.5. The zero-order valence-corrected chi connectivity index (χ0v) is 12.0. The van der Waals surface area contributed by atoms with Crippen molar-refractivity contribution in [1.29, 1.82) is 0 Å². The van der Waals surface area contributed by atoms with E-state index in [0.29, 0.717) is 5.02 Å². The van der Waals surface area contributed by atoms with Crippen LogP contribution in [0.5, 0.6) is 5.75 Å². The van der Waals surface area contributed by atoms with Crippen LogP contribution in [-0.4, -0.2) is 28.9 Å². The van der Waals surface area contributed by atoms with Crippen molar-refractivity contribution in [3.8, 4) is 5.75 Å². The van der Waals surface area contributed by atoms with Crippen LogP contribution < -0.4 is 5.32 Å². The smallest absolute Gasteiger partial charge is 0.135 e. The second-order valence-corrected chi connectivity index (χ2v) is 5.66. The fourth-order valence-electron chi connectivity index (χ4n) is 2.93. The van der Waals surface area contributed by atoms with Gasteiger partial charge in [-0.05, 0) is 35.9 Å². The van der Waals surface area contributed by atoms with Gasteiger partial charge in [0.15, 0.2) is 0 Å². The van der Waals surface area contributed by atoms with Crippen molar-refractivity contribution in [3.05, 3.63) is 58.6 Å². The highest BCUT2D eigenvalue weighted by Crippen LogP contribution is 2.36. The summed E-state index contributed by atoms with van der Waals surface area (Å²) in [6.45, 7) is 1.68. The molecule has 106 valence electrons. The topological polar surface area (TPSA) is 47.9 Å². The van der Waals surface area contributed by atoms with Crippen LogP contribution in [0, 0.1) is 0 Å². The molecule has 2 N–H and O–H groups in total. The summed E-state index contributed by atoms with van der Waals surface area (Å²) in [6, 6.07) is 13.1. The Bertz CT molecular complexity index is 727. The summed E-state index contributed by atoms with van der Waals surface area (Å²) in [7, 11) is 0. The molecule has 2 aromatic carbocycles. The molecule has 0 saturated carbocycles. The number of hydrogen-bond acceptors (Lipinski definition) is 4. The van der Waals surface area contributed by atoms with E-state index in [4.69, 9.17) is 11.6 Å². The molecule has 4 nitrogen and oxygen atoms in total. The van der Waals surface area contributed by atoms with Gasteiger partial charge in [-0.1, -0.05) is 23.7 Å². The molecule has 0 unspecified atom stereocenters. The summed E-state index contributed by atoms with van der Waals surface area (Å²) in [4.78, 5) is 6.88. The standard InChI is InChI=1S/C16H14ClN3O/c17-11-3-6-13-14(9-11)19-15(20-8-7-18-16(13)20)10-1-4-12(21)5-2-10/h1-6,9,15,19,21H,7-8H2/t15-/m0/s1. The summed E-state index contributed by atoms with van der Waals surface area (Å²) < 4.78 is 0. The van der Waals surface area contributed by atoms with Gasteiger partial charge in [-0.25, -0.2) is 0 Å². The number of hydrogen-bond donors (Lipinski definition) is 2. The molecule has 1 atom stereocenters. The molecule has 0 amide bonds. The number of aliphatic imine (C=N–C) groups is 1. The van der Waals surface area contributed by atoms with Crippen LogP contribution in [0.15, 0.2) is 47.5 Å². The van der Waals surface area contributed by atoms with Crippen LogP contribution >= 0.6 is 11.6 Å². The van der Waals surface area contributed by atoms with Crippen molar-refractivity contribution in [2.45, 2.75) is 6.17 Å². The molecule has 4 rings (SSSR count). The van der Waals surface area contributed by atoms with E-state index in [9.17, 15) is 5.11 Å². The molecule has 2 aliphatic rings. The van der Waals surface area contributed by atoms with Crippen molar-refractivity contribution >= 4 is 23.1 Å². The summed E-state index contributed by atoms with van der Waals surface area (Å²) >= 11 is 6.11. The Hall–Kier alpha value is -2.20. The fourth-order valence-corrected chi connectivity index (χ4v) is 3.10. The molecule has 0 saturated heterocycles. The van der Waals surface area contributed by atoms with Crippen molar-refractivity contribution in [2.24, 2.45) is 4.99 Å². The monoisotopic (exact) mass is 299 g/mol. The number of amidine groups is 1. The Balaban J connectivity index is 1.80. The average Bonchev–Trinajstić information content (AvgIpc) is 2.96. The van der Waals surface area contributed by atoms with Crippen molar-refractivity contribution < 1.29 is 5.11 Å². The van der Waals surface area contributed by atoms with Crippen LogP contribution in [0.1, 0.15) is 17.3 Å². The zero-order chi connectivity index (χ0) is 14.4. The van der Waals surface area contributed by atoms with Gasteiger partial charge in [0.1, 0.15) is 17.8 Å². The van der Waals surface area contributed by atoms with Crippen molar-refractivity contribution in [1.82, 2.24) is 4.90 Å². The number of aromatic hydroxyl groups is 1. The minimum Gasteiger partial charge on any atom is -0.508 e. The fraction of sp³-hybridized carbons (Fsp3) is 0.188. The molecule has 0 aliphatic carbocycles. The maximum Gasteiger partial charge on any atom is 0.135 e. The molecule has 0 spiro atoms. The van der Waals surface area contributed by atoms with Crippen LogP contribution in [0.2, 0.25) is 5.02 Å². The Morgan fingerprint density at radius 1 is 1.19 bits per heavy atom. The lowest BCUT2D eigenvalue weighted by molar-refractivity contribution is 0.370. The van der Waals surface area contributed by atoms with Gasteiger partial charge in [0.2, 0.25) is 0 Å². The molecule has 0 radical (unpaired) electrons. The minimum atomic E-state index is 0.0119. The molecule has 2 aromatic rings. The highest BCUT2D eigenvalue weighted by molar-refractivity contribution is 6.31. The Morgan fingerprint density at radius 2 is 2.00 bits per heavy atom. The van der Waals surface area contributed by atoms with Crippen LogP contribution in [0.25, 0.3) is 0 Å². The zero-order valence-electron chi connectivity index (χ0n) is 11.3. The van der Waals surface area contributed by atoms with Crippen molar-refractivity contribution in [3.63, 3.8) is 0 Å². The minimum absolute atomic E-state index is 0.0119. The Kier molecular flexibility index (Phi) is 2.79. The molecular weight excluding hydrogens is 286 g/mol. The Labute approximate surface area is 127 Å². The van der Waals surface area contributed by atoms with Crippen molar-refractivity contribution in [2.75, 3.05) is 18.4 Å². The molecule has 0 aromatic heterocycles. The maximum absolute atomic E-state index is 9.46. The van der Waals surface area contributed by atoms with Crippen LogP contribution in [-0.2, 0) is 0 Å². The van der Waals surface area contributed by atoms with E-state index in [1.54, 1.807) is 12.1 Å². The lowest BCUT2D eigenvalue weighted by atomic mass is 10.0. The van der Waals surface area contributed by atoms with E-state index in [-0.39, 0.29) is 11.9 Å². The first-order valence-corrected chi connectivity index (χ1v) is 7.27. The molecule has 2 heterocycles. The molecule has 21 heavy (non-hydrogen) atoms. The van der Waals surface area contributed by atoms with Gasteiger partial charge in [0, 0.05) is 22.8 Å². The predicted octanol–water partition coefficient (Wildman–Crippen LogP) is 3.23. The van der Waals surface area contributed by atoms with Gasteiger partial charge in [0.25, 0.3) is 0 Å². The normalized spacial score (nSPS) is 19.6. The van der Waals surface area contributed by atoms with Gasteiger partial charge >= 0.3 is 0 Å². The second kappa shape index (κ2) is 4.67. The molecule has 0 bridgehead atoms. The third kappa shape index (κ3) is 2.03. The number of halogens is 1. The first-order valence-electron chi connectivity index (χ1n) is 6.89. The van der Waals surface area contributed by atoms with Gasteiger partial charge in [-0.3, -0.25) is 4.99 Å². The van der Waals surface area contributed by atoms with Gasteiger partial charge in [0.05, 0.1) is 6.54 Å². The number of rotatable bonds is 1. The second-order valence-electron chi connectivity index (χ2n) is 5.23. The number of anilines is 1. The summed E-state index contributed by atoms with van der Waals surface area (Å²) in [5, 5.41) is 13.7. The van der Waals surface area contributed by atoms with Gasteiger partial charge < -0.3 is 15.3 Å². The first-order chi connectivity index (χ1) is 10.2. The number of phenolic OH excluding ortho intramolecular Hbond substituents is 1. The third-order valence-electron chi connectivity index (χ3n) is 3.91. The summed E-state index contributed by atoms with van der Waals surface area (Å²) in [6.07, 6.45) is 0.0119. The lowest BCUT2D eigenvalue weighted by Gasteiger charge is -2.37. The highest BCUT2D eigenvalue weighted by Gasteiger charge is 2.33. The SMILES string of the molecule is Oc1ccc([C@H]2Nc3cc(Cl)ccc3C3=NCCN32)cc1. The molecule has 5 heteroatoms. The molecule has 0 fully saturated rings. The number of nitrogens with one attached hydrogen (secondary N) is 1. The Morgan fingerprint density at radius 3 is 2.81 bits per heavy atom. The average molecular weight is 300 g/mol. The number of phenols is 1. The summed E-state index contributed by atoms with van der Waals surface area (Å²) in [5.74, 6) is 1.28. The van der Waals surface area contributed by atoms with Gasteiger partial charge in [-0.15, -0.1) is 0 Å². The lowest BCUT2D eigenvalue weighted by Crippen LogP contribution is -2.41.